The summed E-state index contributed by atoms with van der Waals surface area (Å²) in [4.78, 5) is 10.6. The normalized spacial score (nSPS) is 20.1. The Bertz CT molecular complexity index is 760. The van der Waals surface area contributed by atoms with Gasteiger partial charge in [0.05, 0.1) is 27.7 Å². The van der Waals surface area contributed by atoms with E-state index in [1.165, 1.54) is 12.1 Å². The summed E-state index contributed by atoms with van der Waals surface area (Å²) in [7, 11) is -3.53. The van der Waals surface area contributed by atoms with Gasteiger partial charge in [0.25, 0.3) is 5.69 Å². The topological polar surface area (TPSA) is 87.9 Å². The summed E-state index contributed by atoms with van der Waals surface area (Å²) in [5.74, 6) is 0.530. The van der Waals surface area contributed by atoms with E-state index in [1.54, 1.807) is 49.5 Å². The summed E-state index contributed by atoms with van der Waals surface area (Å²) in [6, 6.07) is 6.39. The van der Waals surface area contributed by atoms with E-state index in [9.17, 15) is 14.7 Å². The number of non-ortho nitro benzene ring substituents is 1. The molecule has 7 nitrogen and oxygen atoms in total. The Morgan fingerprint density at radius 1 is 1.14 bits per heavy atom. The van der Waals surface area contributed by atoms with Crippen LogP contribution in [-0.2, 0) is 18.3 Å². The van der Waals surface area contributed by atoms with Gasteiger partial charge >= 0.3 is 7.60 Å². The van der Waals surface area contributed by atoms with Gasteiger partial charge in [-0.05, 0) is 38.5 Å². The minimum absolute atomic E-state index is 0.0202. The molecule has 0 unspecified atom stereocenters. The van der Waals surface area contributed by atoms with Gasteiger partial charge in [-0.3, -0.25) is 14.7 Å². The van der Waals surface area contributed by atoms with Gasteiger partial charge in [0.1, 0.15) is 5.44 Å². The van der Waals surface area contributed by atoms with Gasteiger partial charge in [0.15, 0.2) is 0 Å². The molecule has 1 aromatic rings. The summed E-state index contributed by atoms with van der Waals surface area (Å²) in [5.41, 5.74) is 0.755. The number of thioether (sulfide) groups is 2. The predicted octanol–water partition coefficient (Wildman–Crippen LogP) is 6.37. The third kappa shape index (κ3) is 6.09. The first-order valence-corrected chi connectivity index (χ1v) is 13.1. The number of nitro groups is 1. The zero-order valence-electron chi connectivity index (χ0n) is 17.2. The molecular weight excluding hydrogens is 433 g/mol. The third-order valence-electron chi connectivity index (χ3n) is 4.23. The number of nitro benzene ring substituents is 1. The lowest BCUT2D eigenvalue weighted by molar-refractivity contribution is -0.384. The average molecular weight is 462 g/mol. The van der Waals surface area contributed by atoms with E-state index in [-0.39, 0.29) is 30.3 Å². The molecule has 0 saturated carbocycles. The molecule has 162 valence electrons. The van der Waals surface area contributed by atoms with Gasteiger partial charge in [-0.2, -0.15) is 0 Å². The van der Waals surface area contributed by atoms with Crippen molar-refractivity contribution < 1.29 is 23.3 Å². The van der Waals surface area contributed by atoms with Crippen molar-refractivity contribution in [2.24, 2.45) is 0 Å². The number of allylic oxidation sites excluding steroid dienone is 1. The maximum atomic E-state index is 13.8. The minimum atomic E-state index is -3.53. The average Bonchev–Trinajstić information content (AvgIpc) is 2.68. The first kappa shape index (κ1) is 24.4. The largest absolute Gasteiger partial charge is 0.367 e. The quantitative estimate of drug-likeness (QED) is 0.213. The highest BCUT2D eigenvalue weighted by Gasteiger charge is 2.43. The predicted molar refractivity (Wildman–Crippen MR) is 119 cm³/mol. The van der Waals surface area contributed by atoms with Crippen LogP contribution < -0.4 is 0 Å². The number of ether oxygens (including phenoxy) is 1. The van der Waals surface area contributed by atoms with E-state index in [4.69, 9.17) is 13.8 Å². The molecule has 1 heterocycles. The van der Waals surface area contributed by atoms with Gasteiger partial charge in [0, 0.05) is 24.7 Å². The third-order valence-corrected chi connectivity index (χ3v) is 9.30. The van der Waals surface area contributed by atoms with Crippen LogP contribution in [0.2, 0.25) is 0 Å². The SMILES string of the molecule is CCO[C@H]1C[C@@H](c2ccc([N+](=O)[O-])cc2)C(P(=O)(OCC)OCC)=C(SCC)S1. The Morgan fingerprint density at radius 3 is 2.24 bits per heavy atom. The van der Waals surface area contributed by atoms with Gasteiger partial charge in [-0.15, -0.1) is 11.8 Å². The molecule has 1 aromatic carbocycles. The Kier molecular flexibility index (Phi) is 9.72. The molecule has 0 bridgehead atoms. The van der Waals surface area contributed by atoms with Crippen LogP contribution in [0.1, 0.15) is 45.6 Å². The van der Waals surface area contributed by atoms with Crippen molar-refractivity contribution >= 4 is 36.8 Å². The van der Waals surface area contributed by atoms with Crippen molar-refractivity contribution in [3.8, 4) is 0 Å². The molecule has 0 amide bonds. The minimum Gasteiger partial charge on any atom is -0.367 e. The number of rotatable bonds is 11. The fourth-order valence-electron chi connectivity index (χ4n) is 3.14. The zero-order valence-corrected chi connectivity index (χ0v) is 19.7. The highest BCUT2D eigenvalue weighted by Crippen LogP contribution is 2.67. The highest BCUT2D eigenvalue weighted by molar-refractivity contribution is 8.22. The second-order valence-electron chi connectivity index (χ2n) is 6.08. The van der Waals surface area contributed by atoms with Crippen molar-refractivity contribution in [3.05, 3.63) is 49.5 Å². The van der Waals surface area contributed by atoms with Crippen molar-refractivity contribution in [1.29, 1.82) is 0 Å². The summed E-state index contributed by atoms with van der Waals surface area (Å²) >= 11 is 3.15. The number of hydrogen-bond donors (Lipinski definition) is 0. The fraction of sp³-hybridized carbons (Fsp3) is 0.579. The van der Waals surface area contributed by atoms with Crippen molar-refractivity contribution in [1.82, 2.24) is 0 Å². The first-order chi connectivity index (χ1) is 13.9. The molecule has 0 spiro atoms. The van der Waals surface area contributed by atoms with E-state index in [0.29, 0.717) is 18.3 Å². The summed E-state index contributed by atoms with van der Waals surface area (Å²) in [5, 5.41) is 11.7. The second kappa shape index (κ2) is 11.5. The molecular formula is C19H28NO6PS2. The Balaban J connectivity index is 2.61. The summed E-state index contributed by atoms with van der Waals surface area (Å²) in [6.45, 7) is 8.65. The molecule has 0 radical (unpaired) electrons. The van der Waals surface area contributed by atoms with Gasteiger partial charge in [-0.1, -0.05) is 30.8 Å². The van der Waals surface area contributed by atoms with Crippen molar-refractivity contribution in [3.63, 3.8) is 0 Å². The number of nitrogens with zero attached hydrogens (tertiary/aromatic N) is 1. The molecule has 2 rings (SSSR count). The number of benzene rings is 1. The molecule has 0 saturated heterocycles. The molecule has 0 aromatic heterocycles. The second-order valence-corrected chi connectivity index (χ2v) is 10.8. The maximum absolute atomic E-state index is 13.8. The molecule has 1 aliphatic rings. The lowest BCUT2D eigenvalue weighted by atomic mass is 9.95. The Labute approximate surface area is 180 Å². The molecule has 29 heavy (non-hydrogen) atoms. The zero-order chi connectivity index (χ0) is 21.4. The fourth-order valence-corrected chi connectivity index (χ4v) is 8.55. The van der Waals surface area contributed by atoms with Crippen LogP contribution in [0.3, 0.4) is 0 Å². The van der Waals surface area contributed by atoms with Crippen LogP contribution in [-0.4, -0.2) is 35.9 Å². The summed E-state index contributed by atoms with van der Waals surface area (Å²) in [6.07, 6.45) is 0.587. The molecule has 0 N–H and O–H groups in total. The smallest absolute Gasteiger partial charge is 0.359 e. The van der Waals surface area contributed by atoms with E-state index in [1.807, 2.05) is 13.8 Å². The van der Waals surface area contributed by atoms with Crippen LogP contribution in [0.5, 0.6) is 0 Å². The van der Waals surface area contributed by atoms with Crippen LogP contribution in [0.15, 0.2) is 33.8 Å². The Hall–Kier alpha value is -0.830. The van der Waals surface area contributed by atoms with E-state index in [0.717, 1.165) is 15.6 Å². The van der Waals surface area contributed by atoms with Crippen molar-refractivity contribution in [2.45, 2.75) is 45.5 Å². The highest BCUT2D eigenvalue weighted by atomic mass is 32.2. The molecule has 10 heteroatoms. The lowest BCUT2D eigenvalue weighted by Gasteiger charge is -2.35. The monoisotopic (exact) mass is 461 g/mol. The van der Waals surface area contributed by atoms with Gasteiger partial charge < -0.3 is 13.8 Å². The van der Waals surface area contributed by atoms with Crippen LogP contribution in [0.4, 0.5) is 5.69 Å². The Morgan fingerprint density at radius 2 is 1.76 bits per heavy atom. The van der Waals surface area contributed by atoms with E-state index < -0.39 is 12.5 Å². The molecule has 1 aliphatic heterocycles. The van der Waals surface area contributed by atoms with Crippen LogP contribution in [0, 0.1) is 10.1 Å². The maximum Gasteiger partial charge on any atom is 0.359 e. The van der Waals surface area contributed by atoms with Gasteiger partial charge in [0.2, 0.25) is 0 Å². The number of hydrogen-bond acceptors (Lipinski definition) is 8. The molecule has 2 atom stereocenters. The summed E-state index contributed by atoms with van der Waals surface area (Å²) < 4.78 is 32.0. The van der Waals surface area contributed by atoms with E-state index in [2.05, 4.69) is 0 Å². The van der Waals surface area contributed by atoms with Crippen LogP contribution >= 0.6 is 31.1 Å². The molecule has 0 fully saturated rings. The van der Waals surface area contributed by atoms with Crippen molar-refractivity contribution in [2.75, 3.05) is 25.6 Å². The van der Waals surface area contributed by atoms with Gasteiger partial charge in [-0.25, -0.2) is 0 Å². The lowest BCUT2D eigenvalue weighted by Crippen LogP contribution is -2.21. The first-order valence-electron chi connectivity index (χ1n) is 9.69. The standard InChI is InChI=1S/C19H28NO6PS2/c1-5-24-17-13-16(14-9-11-15(12-10-14)20(21)22)18(19(29-17)28-8-4)27(23,25-6-2)26-7-3/h9-12,16-17H,5-8,13H2,1-4H3/t16-,17+/m0/s1. The van der Waals surface area contributed by atoms with Crippen LogP contribution in [0.25, 0.3) is 0 Å². The molecule has 0 aliphatic carbocycles. The van der Waals surface area contributed by atoms with E-state index >= 15 is 0 Å².